The monoisotopic (exact) mass is 844 g/mol. The maximum Gasteiger partial charge on any atom is 0.252 e. The van der Waals surface area contributed by atoms with Crippen molar-refractivity contribution in [1.29, 1.82) is 0 Å². The van der Waals surface area contributed by atoms with Gasteiger partial charge in [-0.1, -0.05) is 157 Å². The van der Waals surface area contributed by atoms with E-state index in [-0.39, 0.29) is 17.5 Å². The van der Waals surface area contributed by atoms with Gasteiger partial charge in [-0.25, -0.2) is 0 Å². The second kappa shape index (κ2) is 13.1. The summed E-state index contributed by atoms with van der Waals surface area (Å²) in [5, 5.41) is 10.5. The molecule has 302 valence electrons. The molecule has 0 fully saturated rings. The smallest absolute Gasteiger partial charge is 0.252 e. The third-order valence-corrected chi connectivity index (χ3v) is 16.1. The Kier molecular flexibility index (Phi) is 7.72. The molecule has 13 rings (SSSR count). The van der Waals surface area contributed by atoms with Crippen molar-refractivity contribution in [3.8, 4) is 0 Å². The molecule has 63 heavy (non-hydrogen) atoms. The van der Waals surface area contributed by atoms with E-state index in [1.54, 1.807) is 0 Å². The molecule has 5 heteroatoms. The molecule has 0 radical (unpaired) electrons. The molecule has 4 heterocycles. The molecule has 2 nitrogen and oxygen atoms in total. The molecular formula is C58H45BN2S2. The van der Waals surface area contributed by atoms with E-state index < -0.39 is 0 Å². The Hall–Kier alpha value is -6.40. The Morgan fingerprint density at radius 1 is 0.365 bits per heavy atom. The minimum atomic E-state index is -0.149. The fourth-order valence-corrected chi connectivity index (χ4v) is 13.7. The lowest BCUT2D eigenvalue weighted by atomic mass is 9.33. The fourth-order valence-electron chi connectivity index (χ4n) is 11.5. The summed E-state index contributed by atoms with van der Waals surface area (Å²) in [6.45, 7) is 14.3. The molecule has 0 aliphatic carbocycles. The average molecular weight is 845 g/mol. The van der Waals surface area contributed by atoms with Crippen molar-refractivity contribution in [3.05, 3.63) is 175 Å². The van der Waals surface area contributed by atoms with E-state index in [0.717, 1.165) is 0 Å². The van der Waals surface area contributed by atoms with Gasteiger partial charge in [-0.2, -0.15) is 0 Å². The van der Waals surface area contributed by atoms with E-state index in [4.69, 9.17) is 0 Å². The highest BCUT2D eigenvalue weighted by Crippen LogP contribution is 2.54. The van der Waals surface area contributed by atoms with Gasteiger partial charge in [-0.15, -0.1) is 22.7 Å². The van der Waals surface area contributed by atoms with Crippen LogP contribution in [0.4, 0.5) is 34.1 Å². The molecule has 0 bridgehead atoms. The van der Waals surface area contributed by atoms with Crippen LogP contribution in [0.25, 0.3) is 61.9 Å². The number of hydrogen-bond acceptors (Lipinski definition) is 4. The third kappa shape index (κ3) is 5.18. The van der Waals surface area contributed by atoms with Gasteiger partial charge < -0.3 is 9.80 Å². The topological polar surface area (TPSA) is 6.48 Å². The molecular weight excluding hydrogens is 800 g/mol. The van der Waals surface area contributed by atoms with Crippen molar-refractivity contribution in [2.45, 2.75) is 52.4 Å². The van der Waals surface area contributed by atoms with Gasteiger partial charge in [0.15, 0.2) is 0 Å². The fraction of sp³-hybridized carbons (Fsp3) is 0.138. The number of nitrogens with zero attached hydrogens (tertiary/aromatic N) is 2. The first kappa shape index (κ1) is 37.2. The summed E-state index contributed by atoms with van der Waals surface area (Å²) in [6.07, 6.45) is 0. The van der Waals surface area contributed by atoms with E-state index in [2.05, 4.69) is 215 Å². The number of rotatable bonds is 2. The maximum atomic E-state index is 2.69. The Morgan fingerprint density at radius 3 is 1.22 bits per heavy atom. The quantitative estimate of drug-likeness (QED) is 0.160. The van der Waals surface area contributed by atoms with E-state index in [0.29, 0.717) is 0 Å². The minimum Gasteiger partial charge on any atom is -0.310 e. The number of fused-ring (bicyclic) bond motifs is 14. The molecule has 9 aromatic carbocycles. The van der Waals surface area contributed by atoms with Gasteiger partial charge >= 0.3 is 0 Å². The van der Waals surface area contributed by atoms with Crippen LogP contribution in [0.5, 0.6) is 0 Å². The summed E-state index contributed by atoms with van der Waals surface area (Å²) in [7, 11) is 0. The summed E-state index contributed by atoms with van der Waals surface area (Å²) in [5.74, 6) is 0. The van der Waals surface area contributed by atoms with Crippen LogP contribution < -0.4 is 26.2 Å². The van der Waals surface area contributed by atoms with Crippen LogP contribution in [-0.2, 0) is 10.8 Å². The largest absolute Gasteiger partial charge is 0.310 e. The lowest BCUT2D eigenvalue weighted by Gasteiger charge is -2.46. The molecule has 2 aliphatic rings. The molecule has 2 aromatic heterocycles. The van der Waals surface area contributed by atoms with Gasteiger partial charge in [0.25, 0.3) is 6.71 Å². The molecule has 0 atom stereocenters. The summed E-state index contributed by atoms with van der Waals surface area (Å²) in [6, 6.07) is 62.5. The van der Waals surface area contributed by atoms with Crippen LogP contribution in [-0.4, -0.2) is 6.71 Å². The highest BCUT2D eigenvalue weighted by Gasteiger charge is 2.46. The van der Waals surface area contributed by atoms with E-state index in [1.165, 1.54) is 124 Å². The molecule has 0 amide bonds. The first-order chi connectivity index (χ1) is 30.6. The second-order valence-electron chi connectivity index (χ2n) is 19.6. The van der Waals surface area contributed by atoms with Crippen LogP contribution >= 0.6 is 22.7 Å². The van der Waals surface area contributed by atoms with Crippen LogP contribution in [0.15, 0.2) is 164 Å². The van der Waals surface area contributed by atoms with E-state index in [1.807, 2.05) is 22.7 Å². The predicted molar refractivity (Wildman–Crippen MR) is 279 cm³/mol. The van der Waals surface area contributed by atoms with E-state index >= 15 is 0 Å². The molecule has 2 aliphatic heterocycles. The predicted octanol–water partition coefficient (Wildman–Crippen LogP) is 15.4. The molecule has 0 saturated carbocycles. The molecule has 0 spiro atoms. The van der Waals surface area contributed by atoms with Crippen molar-refractivity contribution in [2.75, 3.05) is 9.80 Å². The van der Waals surface area contributed by atoms with Crippen LogP contribution in [0, 0.1) is 0 Å². The average Bonchev–Trinajstić information content (AvgIpc) is 3.86. The summed E-state index contributed by atoms with van der Waals surface area (Å²) in [5.41, 5.74) is 14.1. The van der Waals surface area contributed by atoms with Crippen LogP contribution in [0.1, 0.15) is 52.7 Å². The first-order valence-corrected chi connectivity index (χ1v) is 23.9. The van der Waals surface area contributed by atoms with Gasteiger partial charge in [-0.05, 0) is 108 Å². The molecule has 0 saturated heterocycles. The van der Waals surface area contributed by atoms with Crippen LogP contribution in [0.3, 0.4) is 0 Å². The zero-order chi connectivity index (χ0) is 42.5. The lowest BCUT2D eigenvalue weighted by Crippen LogP contribution is -2.61. The lowest BCUT2D eigenvalue weighted by molar-refractivity contribution is 0.596. The second-order valence-corrected chi connectivity index (χ2v) is 21.8. The van der Waals surface area contributed by atoms with Crippen molar-refractivity contribution in [1.82, 2.24) is 0 Å². The van der Waals surface area contributed by atoms with Gasteiger partial charge in [0.1, 0.15) is 0 Å². The summed E-state index contributed by atoms with van der Waals surface area (Å²) >= 11 is 3.82. The third-order valence-electron chi connectivity index (χ3n) is 13.8. The van der Waals surface area contributed by atoms with Gasteiger partial charge in [0.05, 0.1) is 22.7 Å². The van der Waals surface area contributed by atoms with Crippen molar-refractivity contribution in [2.24, 2.45) is 0 Å². The number of hydrogen-bond donors (Lipinski definition) is 0. The van der Waals surface area contributed by atoms with Crippen LogP contribution in [0.2, 0.25) is 0 Å². The summed E-state index contributed by atoms with van der Waals surface area (Å²) < 4.78 is 5.28. The van der Waals surface area contributed by atoms with E-state index in [9.17, 15) is 0 Å². The normalized spacial score (nSPS) is 13.8. The Bertz CT molecular complexity index is 3510. The Morgan fingerprint density at radius 2 is 0.778 bits per heavy atom. The standard InChI is InChI=1S/C58H45BN2S2/c1-57(2,3)52-36-18-9-7-16-34(36)26-30-42(52)60-44-22-15-23-45-54(44)59(40-28-32-48-50(55(40)60)38-20-11-13-24-46(38)62-48)41-29-33-49-51(39-21-12-14-25-47(39)63-49)56(41)61(45)43-31-27-35-17-8-10-19-37(35)53(43)58(4,5)6/h7-33H,1-6H3. The minimum absolute atomic E-state index is 0.00286. The number of thiophene rings is 2. The zero-order valence-corrected chi connectivity index (χ0v) is 38.0. The van der Waals surface area contributed by atoms with Crippen molar-refractivity contribution >= 4 is 142 Å². The molecule has 0 unspecified atom stereocenters. The molecule has 11 aromatic rings. The molecule has 0 N–H and O–H groups in total. The zero-order valence-electron chi connectivity index (χ0n) is 36.4. The number of benzene rings is 9. The van der Waals surface area contributed by atoms with Gasteiger partial charge in [0, 0.05) is 51.7 Å². The Balaban J connectivity index is 1.23. The van der Waals surface area contributed by atoms with Gasteiger partial charge in [0.2, 0.25) is 0 Å². The first-order valence-electron chi connectivity index (χ1n) is 22.2. The van der Waals surface area contributed by atoms with Crippen molar-refractivity contribution in [3.63, 3.8) is 0 Å². The van der Waals surface area contributed by atoms with Gasteiger partial charge in [-0.3, -0.25) is 0 Å². The SMILES string of the molecule is CC(C)(C)c1c(N2c3cccc4c3B(c3ccc5sc6ccccc6c5c32)c2ccc3sc5ccccc5c3c2N4c2ccc3ccccc3c2C(C)(C)C)ccc2ccccc12. The Labute approximate surface area is 376 Å². The number of anilines is 6. The highest BCUT2D eigenvalue weighted by atomic mass is 32.1. The summed E-state index contributed by atoms with van der Waals surface area (Å²) in [4.78, 5) is 5.37. The van der Waals surface area contributed by atoms with Crippen molar-refractivity contribution < 1.29 is 0 Å². The highest BCUT2D eigenvalue weighted by molar-refractivity contribution is 7.26. The maximum absolute atomic E-state index is 2.69.